The Balaban J connectivity index is 2.30. The van der Waals surface area contributed by atoms with Crippen LogP contribution in [-0.2, 0) is 14.8 Å². The molecule has 0 spiro atoms. The number of nitrogens with one attached hydrogen (secondary N) is 1. The molecule has 0 radical (unpaired) electrons. The minimum Gasteiger partial charge on any atom is -0.350 e. The van der Waals surface area contributed by atoms with Crippen molar-refractivity contribution in [3.63, 3.8) is 0 Å². The van der Waals surface area contributed by atoms with Gasteiger partial charge in [0.15, 0.2) is 0 Å². The molecular weight excluding hydrogens is 292 g/mol. The van der Waals surface area contributed by atoms with Crippen molar-refractivity contribution in [2.45, 2.75) is 32.7 Å². The van der Waals surface area contributed by atoms with Gasteiger partial charge in [0.1, 0.15) is 0 Å². The van der Waals surface area contributed by atoms with Gasteiger partial charge in [0.2, 0.25) is 15.9 Å². The third-order valence-corrected chi connectivity index (χ3v) is 5.10. The van der Waals surface area contributed by atoms with Crippen molar-refractivity contribution in [3.05, 3.63) is 29.8 Å². The van der Waals surface area contributed by atoms with Gasteiger partial charge in [0, 0.05) is 18.0 Å². The summed E-state index contributed by atoms with van der Waals surface area (Å²) in [6.45, 7) is 3.84. The highest BCUT2D eigenvalue weighted by molar-refractivity contribution is 7.94. The molecule has 1 N–H and O–H groups in total. The van der Waals surface area contributed by atoms with E-state index in [2.05, 4.69) is 5.32 Å². The van der Waals surface area contributed by atoms with Crippen LogP contribution in [0.1, 0.15) is 37.0 Å². The average molecular weight is 310 g/mol. The van der Waals surface area contributed by atoms with Gasteiger partial charge in [-0.2, -0.15) is 0 Å². The average Bonchev–Trinajstić information content (AvgIpc) is 2.72. The van der Waals surface area contributed by atoms with Crippen LogP contribution in [0.5, 0.6) is 0 Å². The zero-order valence-electron chi connectivity index (χ0n) is 12.0. The van der Waals surface area contributed by atoms with E-state index in [1.807, 2.05) is 13.8 Å². The summed E-state index contributed by atoms with van der Waals surface area (Å²) in [4.78, 5) is 23.8. The molecule has 0 aliphatic carbocycles. The van der Waals surface area contributed by atoms with Gasteiger partial charge in [-0.05, 0) is 31.5 Å². The second-order valence-corrected chi connectivity index (χ2v) is 6.99. The molecular formula is C14H18N2O4S. The minimum atomic E-state index is -3.61. The first kappa shape index (κ1) is 15.5. The van der Waals surface area contributed by atoms with Crippen LogP contribution in [0.15, 0.2) is 24.3 Å². The Morgan fingerprint density at radius 1 is 1.43 bits per heavy atom. The van der Waals surface area contributed by atoms with E-state index in [1.165, 1.54) is 12.1 Å². The Kier molecular flexibility index (Phi) is 4.32. The number of amides is 2. The summed E-state index contributed by atoms with van der Waals surface area (Å²) >= 11 is 0. The summed E-state index contributed by atoms with van der Waals surface area (Å²) in [7, 11) is -3.61. The Bertz CT molecular complexity index is 669. The molecule has 1 aromatic carbocycles. The predicted octanol–water partition coefficient (Wildman–Crippen LogP) is 1.28. The van der Waals surface area contributed by atoms with Crippen LogP contribution < -0.4 is 9.62 Å². The molecule has 2 rings (SSSR count). The van der Waals surface area contributed by atoms with Gasteiger partial charge >= 0.3 is 0 Å². The quantitative estimate of drug-likeness (QED) is 0.908. The van der Waals surface area contributed by atoms with Gasteiger partial charge < -0.3 is 5.32 Å². The van der Waals surface area contributed by atoms with Gasteiger partial charge in [-0.3, -0.25) is 9.59 Å². The molecule has 1 aromatic rings. The summed E-state index contributed by atoms with van der Waals surface area (Å²) < 4.78 is 24.5. The molecule has 0 saturated carbocycles. The Hall–Kier alpha value is -1.89. The highest BCUT2D eigenvalue weighted by Crippen LogP contribution is 2.25. The zero-order valence-corrected chi connectivity index (χ0v) is 12.8. The summed E-state index contributed by atoms with van der Waals surface area (Å²) in [6.07, 6.45) is 0.774. The number of nitrogens with zero attached hydrogens (tertiary/aromatic N) is 1. The third-order valence-electron chi connectivity index (χ3n) is 3.41. The lowest BCUT2D eigenvalue weighted by Crippen LogP contribution is -2.32. The van der Waals surface area contributed by atoms with Crippen molar-refractivity contribution >= 4 is 27.5 Å². The topological polar surface area (TPSA) is 83.6 Å². The molecule has 1 fully saturated rings. The number of carbonyl (C=O) groups is 2. The second kappa shape index (κ2) is 5.85. The molecule has 1 aliphatic heterocycles. The fraction of sp³-hybridized carbons (Fsp3) is 0.429. The van der Waals surface area contributed by atoms with E-state index >= 15 is 0 Å². The van der Waals surface area contributed by atoms with Gasteiger partial charge in [0.05, 0.1) is 11.4 Å². The van der Waals surface area contributed by atoms with Gasteiger partial charge in [-0.15, -0.1) is 0 Å². The van der Waals surface area contributed by atoms with E-state index in [0.717, 1.165) is 10.7 Å². The first-order valence-electron chi connectivity index (χ1n) is 6.82. The summed E-state index contributed by atoms with van der Waals surface area (Å²) in [5.74, 6) is -0.931. The molecule has 2 amide bonds. The van der Waals surface area contributed by atoms with E-state index in [1.54, 1.807) is 12.1 Å². The van der Waals surface area contributed by atoms with Crippen molar-refractivity contribution < 1.29 is 18.0 Å². The van der Waals surface area contributed by atoms with Crippen LogP contribution in [0.2, 0.25) is 0 Å². The molecule has 1 atom stereocenters. The van der Waals surface area contributed by atoms with E-state index in [9.17, 15) is 18.0 Å². The summed E-state index contributed by atoms with van der Waals surface area (Å²) in [5, 5.41) is 2.80. The van der Waals surface area contributed by atoms with Gasteiger partial charge in [-0.1, -0.05) is 13.0 Å². The lowest BCUT2D eigenvalue weighted by Gasteiger charge is -2.16. The molecule has 6 nitrogen and oxygen atoms in total. The highest BCUT2D eigenvalue weighted by atomic mass is 32.2. The largest absolute Gasteiger partial charge is 0.350 e. The lowest BCUT2D eigenvalue weighted by molar-refractivity contribution is -0.116. The maximum absolute atomic E-state index is 12.1. The van der Waals surface area contributed by atoms with Crippen molar-refractivity contribution in [1.29, 1.82) is 0 Å². The molecule has 0 aromatic heterocycles. The van der Waals surface area contributed by atoms with Gasteiger partial charge in [0.25, 0.3) is 5.91 Å². The molecule has 1 aliphatic rings. The van der Waals surface area contributed by atoms with Crippen LogP contribution in [0.3, 0.4) is 0 Å². The van der Waals surface area contributed by atoms with Crippen LogP contribution in [0.25, 0.3) is 0 Å². The SMILES string of the molecule is CCC(C)NC(=O)c1cccc(N2C(=O)CCS2(=O)=O)c1. The fourth-order valence-electron chi connectivity index (χ4n) is 2.05. The number of rotatable bonds is 4. The van der Waals surface area contributed by atoms with E-state index in [-0.39, 0.29) is 29.8 Å². The van der Waals surface area contributed by atoms with E-state index in [4.69, 9.17) is 0 Å². The van der Waals surface area contributed by atoms with Crippen molar-refractivity contribution in [1.82, 2.24) is 5.32 Å². The Labute approximate surface area is 124 Å². The number of hydrogen-bond acceptors (Lipinski definition) is 4. The number of benzene rings is 1. The van der Waals surface area contributed by atoms with E-state index in [0.29, 0.717) is 5.56 Å². The van der Waals surface area contributed by atoms with Crippen molar-refractivity contribution in [3.8, 4) is 0 Å². The fourth-order valence-corrected chi connectivity index (χ4v) is 3.50. The molecule has 1 unspecified atom stereocenters. The monoisotopic (exact) mass is 310 g/mol. The maximum Gasteiger partial charge on any atom is 0.251 e. The van der Waals surface area contributed by atoms with E-state index < -0.39 is 15.9 Å². The summed E-state index contributed by atoms with van der Waals surface area (Å²) in [6, 6.07) is 6.13. The first-order chi connectivity index (χ1) is 9.85. The highest BCUT2D eigenvalue weighted by Gasteiger charge is 2.36. The zero-order chi connectivity index (χ0) is 15.6. The normalized spacial score (nSPS) is 18.6. The number of anilines is 1. The van der Waals surface area contributed by atoms with Crippen LogP contribution >= 0.6 is 0 Å². The smallest absolute Gasteiger partial charge is 0.251 e. The number of sulfonamides is 1. The molecule has 0 bridgehead atoms. The number of carbonyl (C=O) groups excluding carboxylic acids is 2. The summed E-state index contributed by atoms with van der Waals surface area (Å²) in [5.41, 5.74) is 0.553. The Morgan fingerprint density at radius 2 is 2.14 bits per heavy atom. The van der Waals surface area contributed by atoms with Crippen molar-refractivity contribution in [2.75, 3.05) is 10.1 Å². The van der Waals surface area contributed by atoms with Crippen LogP contribution in [0, 0.1) is 0 Å². The minimum absolute atomic E-state index is 0.0222. The molecule has 114 valence electrons. The maximum atomic E-state index is 12.1. The Morgan fingerprint density at radius 3 is 2.71 bits per heavy atom. The second-order valence-electron chi connectivity index (χ2n) is 5.06. The molecule has 7 heteroatoms. The van der Waals surface area contributed by atoms with Crippen LogP contribution in [0.4, 0.5) is 5.69 Å². The molecule has 1 heterocycles. The van der Waals surface area contributed by atoms with Crippen molar-refractivity contribution in [2.24, 2.45) is 0 Å². The van der Waals surface area contributed by atoms with Gasteiger partial charge in [-0.25, -0.2) is 12.7 Å². The molecule has 21 heavy (non-hydrogen) atoms. The third kappa shape index (κ3) is 3.24. The molecule has 1 saturated heterocycles. The lowest BCUT2D eigenvalue weighted by atomic mass is 10.1. The van der Waals surface area contributed by atoms with Crippen LogP contribution in [-0.4, -0.2) is 32.0 Å². The standard InChI is InChI=1S/C14H18N2O4S/c1-3-10(2)15-14(18)11-5-4-6-12(9-11)16-13(17)7-8-21(16,19)20/h4-6,9-10H,3,7-8H2,1-2H3,(H,15,18). The predicted molar refractivity (Wildman–Crippen MR) is 79.6 cm³/mol. The number of hydrogen-bond donors (Lipinski definition) is 1. The first-order valence-corrected chi connectivity index (χ1v) is 8.43.